The number of hydrogen-bond acceptors (Lipinski definition) is 3. The third-order valence-electron chi connectivity index (χ3n) is 4.76. The number of rotatable bonds is 4. The fourth-order valence-corrected chi connectivity index (χ4v) is 3.50. The monoisotopic (exact) mass is 330 g/mol. The van der Waals surface area contributed by atoms with Gasteiger partial charge in [0, 0.05) is 65.2 Å². The lowest BCUT2D eigenvalue weighted by Gasteiger charge is -2.32. The van der Waals surface area contributed by atoms with Crippen molar-refractivity contribution in [3.05, 3.63) is 35.9 Å². The summed E-state index contributed by atoms with van der Waals surface area (Å²) in [4.78, 5) is 30.3. The van der Waals surface area contributed by atoms with Crippen molar-refractivity contribution in [1.29, 1.82) is 0 Å². The Morgan fingerprint density at radius 2 is 1.96 bits per heavy atom. The van der Waals surface area contributed by atoms with Crippen LogP contribution in [0.25, 0.3) is 0 Å². The Labute approximate surface area is 143 Å². The van der Waals surface area contributed by atoms with Crippen LogP contribution >= 0.6 is 0 Å². The molecule has 1 unspecified atom stereocenters. The number of likely N-dealkylation sites (tertiary alicyclic amines) is 1. The summed E-state index contributed by atoms with van der Waals surface area (Å²) in [6.07, 6.45) is 0.534. The quantitative estimate of drug-likeness (QED) is 0.896. The maximum Gasteiger partial charge on any atom is 0.319 e. The van der Waals surface area contributed by atoms with E-state index in [0.717, 1.165) is 38.3 Å². The molecule has 1 N–H and O–H groups in total. The van der Waals surface area contributed by atoms with Gasteiger partial charge in [0.05, 0.1) is 0 Å². The van der Waals surface area contributed by atoms with Crippen molar-refractivity contribution in [2.45, 2.75) is 13.0 Å². The van der Waals surface area contributed by atoms with Crippen LogP contribution in [-0.2, 0) is 11.3 Å². The van der Waals surface area contributed by atoms with Crippen LogP contribution in [0.2, 0.25) is 0 Å². The molecule has 0 aliphatic carbocycles. The van der Waals surface area contributed by atoms with Gasteiger partial charge in [-0.25, -0.2) is 4.79 Å². The van der Waals surface area contributed by atoms with Crippen molar-refractivity contribution < 1.29 is 9.59 Å². The summed E-state index contributed by atoms with van der Waals surface area (Å²) in [5, 5.41) is 3.25. The summed E-state index contributed by atoms with van der Waals surface area (Å²) >= 11 is 0. The maximum absolute atomic E-state index is 12.5. The van der Waals surface area contributed by atoms with E-state index in [-0.39, 0.29) is 17.9 Å². The van der Waals surface area contributed by atoms with E-state index in [1.165, 1.54) is 0 Å². The van der Waals surface area contributed by atoms with Gasteiger partial charge in [0.15, 0.2) is 0 Å². The number of carbonyl (C=O) groups is 2. The molecule has 0 saturated carbocycles. The minimum Gasteiger partial charge on any atom is -0.338 e. The number of hydrogen-bond donors (Lipinski definition) is 1. The molecule has 2 aliphatic heterocycles. The number of benzene rings is 1. The molecule has 2 heterocycles. The number of carbonyl (C=O) groups excluding carboxylic acids is 2. The fraction of sp³-hybridized carbons (Fsp3) is 0.556. The standard InChI is InChI=1S/C18H26N4O2/c1-20(18(24)21-9-7-19-8-10-21)12-16-11-17(23)22(14-16)13-15-5-3-2-4-6-15/h2-6,16,19H,7-14H2,1H3. The number of piperazine rings is 1. The molecule has 24 heavy (non-hydrogen) atoms. The van der Waals surface area contributed by atoms with Gasteiger partial charge in [0.1, 0.15) is 0 Å². The number of amides is 3. The van der Waals surface area contributed by atoms with E-state index in [9.17, 15) is 9.59 Å². The highest BCUT2D eigenvalue weighted by Gasteiger charge is 2.31. The lowest BCUT2D eigenvalue weighted by molar-refractivity contribution is -0.128. The van der Waals surface area contributed by atoms with Crippen LogP contribution in [0.1, 0.15) is 12.0 Å². The molecule has 2 fully saturated rings. The molecule has 0 aromatic heterocycles. The molecule has 3 amide bonds. The van der Waals surface area contributed by atoms with E-state index in [4.69, 9.17) is 0 Å². The minimum atomic E-state index is 0.0745. The molecule has 0 radical (unpaired) electrons. The number of nitrogens with one attached hydrogen (secondary N) is 1. The van der Waals surface area contributed by atoms with Gasteiger partial charge >= 0.3 is 6.03 Å². The zero-order chi connectivity index (χ0) is 16.9. The third-order valence-corrected chi connectivity index (χ3v) is 4.76. The average molecular weight is 330 g/mol. The second-order valence-corrected chi connectivity index (χ2v) is 6.73. The maximum atomic E-state index is 12.5. The van der Waals surface area contributed by atoms with E-state index in [2.05, 4.69) is 5.32 Å². The Hall–Kier alpha value is -2.08. The topological polar surface area (TPSA) is 55.9 Å². The molecule has 2 saturated heterocycles. The molecule has 0 bridgehead atoms. The highest BCUT2D eigenvalue weighted by molar-refractivity contribution is 5.79. The number of nitrogens with zero attached hydrogens (tertiary/aromatic N) is 3. The number of urea groups is 1. The van der Waals surface area contributed by atoms with Crippen LogP contribution in [0.15, 0.2) is 30.3 Å². The van der Waals surface area contributed by atoms with Gasteiger partial charge in [-0.2, -0.15) is 0 Å². The van der Waals surface area contributed by atoms with Crippen molar-refractivity contribution >= 4 is 11.9 Å². The lowest BCUT2D eigenvalue weighted by Crippen LogP contribution is -2.51. The molecule has 0 spiro atoms. The Morgan fingerprint density at radius 1 is 1.25 bits per heavy atom. The predicted molar refractivity (Wildman–Crippen MR) is 92.4 cm³/mol. The molecule has 3 rings (SSSR count). The van der Waals surface area contributed by atoms with Gasteiger partial charge in [-0.05, 0) is 5.56 Å². The van der Waals surface area contributed by atoms with Gasteiger partial charge < -0.3 is 20.0 Å². The molecular formula is C18H26N4O2. The Bertz CT molecular complexity index is 572. The van der Waals surface area contributed by atoms with E-state index < -0.39 is 0 Å². The zero-order valence-electron chi connectivity index (χ0n) is 14.3. The van der Waals surface area contributed by atoms with Crippen molar-refractivity contribution in [3.8, 4) is 0 Å². The first-order chi connectivity index (χ1) is 11.6. The molecule has 1 aromatic rings. The Kier molecular flexibility index (Phi) is 5.35. The van der Waals surface area contributed by atoms with E-state index in [1.807, 2.05) is 47.2 Å². The summed E-state index contributed by atoms with van der Waals surface area (Å²) in [5.41, 5.74) is 1.15. The van der Waals surface area contributed by atoms with Gasteiger partial charge in [-0.15, -0.1) is 0 Å². The molecule has 130 valence electrons. The van der Waals surface area contributed by atoms with Gasteiger partial charge in [0.25, 0.3) is 0 Å². The smallest absolute Gasteiger partial charge is 0.319 e. The molecule has 1 aromatic carbocycles. The first kappa shape index (κ1) is 16.8. The Balaban J connectivity index is 1.51. The SMILES string of the molecule is CN(CC1CC(=O)N(Cc2ccccc2)C1)C(=O)N1CCNCC1. The first-order valence-electron chi connectivity index (χ1n) is 8.66. The van der Waals surface area contributed by atoms with Gasteiger partial charge in [-0.3, -0.25) is 4.79 Å². The summed E-state index contributed by atoms with van der Waals surface area (Å²) < 4.78 is 0. The summed E-state index contributed by atoms with van der Waals surface area (Å²) in [6.45, 7) is 5.25. The molecular weight excluding hydrogens is 304 g/mol. The second-order valence-electron chi connectivity index (χ2n) is 6.73. The molecule has 6 nitrogen and oxygen atoms in total. The highest BCUT2D eigenvalue weighted by Crippen LogP contribution is 2.21. The average Bonchev–Trinajstić information content (AvgIpc) is 2.95. The predicted octanol–water partition coefficient (Wildman–Crippen LogP) is 0.992. The highest BCUT2D eigenvalue weighted by atomic mass is 16.2. The van der Waals surface area contributed by atoms with E-state index >= 15 is 0 Å². The van der Waals surface area contributed by atoms with E-state index in [0.29, 0.717) is 19.5 Å². The molecule has 6 heteroatoms. The lowest BCUT2D eigenvalue weighted by atomic mass is 10.1. The Morgan fingerprint density at radius 3 is 2.67 bits per heavy atom. The van der Waals surface area contributed by atoms with Crippen molar-refractivity contribution in [1.82, 2.24) is 20.0 Å². The van der Waals surface area contributed by atoms with Gasteiger partial charge in [-0.1, -0.05) is 30.3 Å². The van der Waals surface area contributed by atoms with E-state index in [1.54, 1.807) is 4.90 Å². The van der Waals surface area contributed by atoms with Crippen molar-refractivity contribution in [2.24, 2.45) is 5.92 Å². The van der Waals surface area contributed by atoms with Crippen LogP contribution in [0.3, 0.4) is 0 Å². The van der Waals surface area contributed by atoms with Crippen LogP contribution in [0.4, 0.5) is 4.79 Å². The van der Waals surface area contributed by atoms with Crippen molar-refractivity contribution in [3.63, 3.8) is 0 Å². The summed E-state index contributed by atoms with van der Waals surface area (Å²) in [7, 11) is 1.84. The second kappa shape index (κ2) is 7.66. The molecule has 1 atom stereocenters. The minimum absolute atomic E-state index is 0.0745. The van der Waals surface area contributed by atoms with Crippen LogP contribution in [0, 0.1) is 5.92 Å². The first-order valence-corrected chi connectivity index (χ1v) is 8.66. The normalized spacial score (nSPS) is 21.2. The van der Waals surface area contributed by atoms with Crippen LogP contribution in [-0.4, -0.2) is 73.0 Å². The summed E-state index contributed by atoms with van der Waals surface area (Å²) in [5.74, 6) is 0.407. The third kappa shape index (κ3) is 4.06. The zero-order valence-corrected chi connectivity index (χ0v) is 14.3. The molecule has 2 aliphatic rings. The largest absolute Gasteiger partial charge is 0.338 e. The fourth-order valence-electron chi connectivity index (χ4n) is 3.50. The van der Waals surface area contributed by atoms with Crippen molar-refractivity contribution in [2.75, 3.05) is 46.3 Å². The summed E-state index contributed by atoms with van der Waals surface area (Å²) in [6, 6.07) is 10.1. The van der Waals surface area contributed by atoms with Crippen LogP contribution in [0.5, 0.6) is 0 Å². The van der Waals surface area contributed by atoms with Crippen LogP contribution < -0.4 is 5.32 Å². The van der Waals surface area contributed by atoms with Gasteiger partial charge in [0.2, 0.25) is 5.91 Å².